The van der Waals surface area contributed by atoms with Crippen LogP contribution < -0.4 is 11.1 Å². The average Bonchev–Trinajstić information content (AvgIpc) is 2.29. The number of ether oxygens (including phenoxy) is 1. The van der Waals surface area contributed by atoms with Gasteiger partial charge in [-0.15, -0.1) is 0 Å². The highest BCUT2D eigenvalue weighted by atomic mass is 16.6. The highest BCUT2D eigenvalue weighted by molar-refractivity contribution is 5.71. The zero-order valence-electron chi connectivity index (χ0n) is 13.5. The van der Waals surface area contributed by atoms with Gasteiger partial charge in [-0.1, -0.05) is 6.07 Å². The summed E-state index contributed by atoms with van der Waals surface area (Å²) in [7, 11) is 0. The van der Waals surface area contributed by atoms with E-state index in [0.29, 0.717) is 13.1 Å². The summed E-state index contributed by atoms with van der Waals surface area (Å²) in [5, 5.41) is 3.47. The van der Waals surface area contributed by atoms with Crippen molar-refractivity contribution < 1.29 is 9.53 Å². The highest BCUT2D eigenvalue weighted by Crippen LogP contribution is 2.27. The van der Waals surface area contributed by atoms with Gasteiger partial charge < -0.3 is 20.7 Å². The van der Waals surface area contributed by atoms with Crippen molar-refractivity contribution in [2.75, 3.05) is 24.1 Å². The molecule has 1 fully saturated rings. The fourth-order valence-electron chi connectivity index (χ4n) is 2.33. The largest absolute Gasteiger partial charge is 0.444 e. The molecule has 0 aliphatic carbocycles. The first-order chi connectivity index (χ1) is 9.67. The summed E-state index contributed by atoms with van der Waals surface area (Å²) >= 11 is 0. The van der Waals surface area contributed by atoms with Crippen LogP contribution in [-0.4, -0.2) is 35.7 Å². The van der Waals surface area contributed by atoms with Crippen LogP contribution in [-0.2, 0) is 4.74 Å². The van der Waals surface area contributed by atoms with E-state index >= 15 is 0 Å². The number of hydrogen-bond acceptors (Lipinski definition) is 4. The molecule has 1 saturated heterocycles. The number of anilines is 2. The van der Waals surface area contributed by atoms with Gasteiger partial charge in [0.25, 0.3) is 0 Å². The maximum absolute atomic E-state index is 11.9. The van der Waals surface area contributed by atoms with Crippen LogP contribution in [0.4, 0.5) is 16.2 Å². The molecule has 1 aromatic carbocycles. The third-order valence-electron chi connectivity index (χ3n) is 3.60. The fraction of sp³-hybridized carbons (Fsp3) is 0.562. The van der Waals surface area contributed by atoms with E-state index < -0.39 is 5.60 Å². The summed E-state index contributed by atoms with van der Waals surface area (Å²) in [5.74, 6) is 0. The first kappa shape index (κ1) is 15.5. The topological polar surface area (TPSA) is 67.6 Å². The van der Waals surface area contributed by atoms with Gasteiger partial charge in [0, 0.05) is 24.5 Å². The van der Waals surface area contributed by atoms with Gasteiger partial charge in [0.15, 0.2) is 0 Å². The number of likely N-dealkylation sites (tertiary alicyclic amines) is 1. The molecule has 1 aliphatic rings. The van der Waals surface area contributed by atoms with E-state index in [1.807, 2.05) is 39.8 Å². The van der Waals surface area contributed by atoms with Crippen LogP contribution in [0, 0.1) is 13.8 Å². The van der Waals surface area contributed by atoms with Crippen LogP contribution in [0.5, 0.6) is 0 Å². The SMILES string of the molecule is Cc1ccc(N)c(C)c1NC1CN(C(=O)OC(C)(C)C)C1. The molecule has 0 radical (unpaired) electrons. The number of carbonyl (C=O) groups excluding carboxylic acids is 1. The number of nitrogens with zero attached hydrogens (tertiary/aromatic N) is 1. The molecule has 0 aromatic heterocycles. The second kappa shape index (κ2) is 5.47. The van der Waals surface area contributed by atoms with Gasteiger partial charge in [0.05, 0.1) is 6.04 Å². The lowest BCUT2D eigenvalue weighted by Gasteiger charge is -2.41. The first-order valence-corrected chi connectivity index (χ1v) is 7.27. The van der Waals surface area contributed by atoms with Crippen LogP contribution in [0.2, 0.25) is 0 Å². The molecule has 3 N–H and O–H groups in total. The van der Waals surface area contributed by atoms with E-state index in [2.05, 4.69) is 12.2 Å². The Labute approximate surface area is 126 Å². The quantitative estimate of drug-likeness (QED) is 0.822. The molecule has 2 rings (SSSR count). The molecular weight excluding hydrogens is 266 g/mol. The third kappa shape index (κ3) is 3.60. The molecule has 0 unspecified atom stereocenters. The summed E-state index contributed by atoms with van der Waals surface area (Å²) in [4.78, 5) is 13.6. The number of hydrogen-bond donors (Lipinski definition) is 2. The van der Waals surface area contributed by atoms with E-state index in [-0.39, 0.29) is 12.1 Å². The Morgan fingerprint density at radius 1 is 1.33 bits per heavy atom. The number of carbonyl (C=O) groups is 1. The van der Waals surface area contributed by atoms with E-state index in [4.69, 9.17) is 10.5 Å². The van der Waals surface area contributed by atoms with Crippen molar-refractivity contribution in [1.29, 1.82) is 0 Å². The minimum atomic E-state index is -0.448. The summed E-state index contributed by atoms with van der Waals surface area (Å²) < 4.78 is 5.35. The number of amides is 1. The number of benzene rings is 1. The fourth-order valence-corrected chi connectivity index (χ4v) is 2.33. The maximum atomic E-state index is 11.9. The van der Waals surface area contributed by atoms with Crippen LogP contribution in [0.25, 0.3) is 0 Å². The predicted octanol–water partition coefficient (Wildman–Crippen LogP) is 2.92. The second-order valence-corrected chi connectivity index (χ2v) is 6.70. The number of nitrogen functional groups attached to an aromatic ring is 1. The van der Waals surface area contributed by atoms with Crippen LogP contribution in [0.15, 0.2) is 12.1 Å². The molecular formula is C16H25N3O2. The van der Waals surface area contributed by atoms with Crippen molar-refractivity contribution in [2.24, 2.45) is 0 Å². The molecule has 21 heavy (non-hydrogen) atoms. The molecule has 116 valence electrons. The number of nitrogens with two attached hydrogens (primary N) is 1. The molecule has 5 heteroatoms. The van der Waals surface area contributed by atoms with Crippen molar-refractivity contribution in [1.82, 2.24) is 4.90 Å². The average molecular weight is 291 g/mol. The van der Waals surface area contributed by atoms with Crippen molar-refractivity contribution in [3.63, 3.8) is 0 Å². The lowest BCUT2D eigenvalue weighted by atomic mass is 10.0. The molecule has 0 spiro atoms. The molecule has 5 nitrogen and oxygen atoms in total. The molecule has 1 aliphatic heterocycles. The Morgan fingerprint density at radius 3 is 2.52 bits per heavy atom. The molecule has 0 bridgehead atoms. The normalized spacial score (nSPS) is 15.6. The van der Waals surface area contributed by atoms with Gasteiger partial charge >= 0.3 is 6.09 Å². The van der Waals surface area contributed by atoms with Gasteiger partial charge in [-0.05, 0) is 51.8 Å². The van der Waals surface area contributed by atoms with E-state index in [9.17, 15) is 4.79 Å². The zero-order chi connectivity index (χ0) is 15.8. The van der Waals surface area contributed by atoms with Crippen LogP contribution >= 0.6 is 0 Å². The van der Waals surface area contributed by atoms with Gasteiger partial charge in [-0.2, -0.15) is 0 Å². The minimum absolute atomic E-state index is 0.247. The van der Waals surface area contributed by atoms with Crippen LogP contribution in [0.1, 0.15) is 31.9 Å². The maximum Gasteiger partial charge on any atom is 0.410 e. The number of aryl methyl sites for hydroxylation is 1. The monoisotopic (exact) mass is 291 g/mol. The summed E-state index contributed by atoms with van der Waals surface area (Å²) in [5.41, 5.74) is 9.58. The van der Waals surface area contributed by atoms with Gasteiger partial charge in [-0.25, -0.2) is 4.79 Å². The molecule has 1 aromatic rings. The molecule has 1 amide bonds. The Kier molecular flexibility index (Phi) is 4.03. The number of rotatable bonds is 2. The Bertz CT molecular complexity index is 543. The highest BCUT2D eigenvalue weighted by Gasteiger charge is 2.34. The predicted molar refractivity (Wildman–Crippen MR) is 85.5 cm³/mol. The standard InChI is InChI=1S/C16H25N3O2/c1-10-6-7-13(17)11(2)14(10)18-12-8-19(9-12)15(20)21-16(3,4)5/h6-7,12,18H,8-9,17H2,1-5H3. The Morgan fingerprint density at radius 2 is 1.95 bits per heavy atom. The van der Waals surface area contributed by atoms with Crippen LogP contribution in [0.3, 0.4) is 0 Å². The van der Waals surface area contributed by atoms with Gasteiger partial charge in [0.1, 0.15) is 5.60 Å². The summed E-state index contributed by atoms with van der Waals surface area (Å²) in [6, 6.07) is 4.18. The lowest BCUT2D eigenvalue weighted by Crippen LogP contribution is -2.58. The third-order valence-corrected chi connectivity index (χ3v) is 3.60. The molecule has 0 atom stereocenters. The van der Waals surface area contributed by atoms with Crippen molar-refractivity contribution in [3.8, 4) is 0 Å². The molecule has 0 saturated carbocycles. The summed E-state index contributed by atoms with van der Waals surface area (Å²) in [6.07, 6.45) is -0.249. The molecule has 1 heterocycles. The van der Waals surface area contributed by atoms with Crippen molar-refractivity contribution >= 4 is 17.5 Å². The van der Waals surface area contributed by atoms with Crippen molar-refractivity contribution in [3.05, 3.63) is 23.3 Å². The Balaban J connectivity index is 1.92. The zero-order valence-corrected chi connectivity index (χ0v) is 13.5. The van der Waals surface area contributed by atoms with Gasteiger partial charge in [0.2, 0.25) is 0 Å². The van der Waals surface area contributed by atoms with Gasteiger partial charge in [-0.3, -0.25) is 0 Å². The smallest absolute Gasteiger partial charge is 0.410 e. The van der Waals surface area contributed by atoms with Crippen molar-refractivity contribution in [2.45, 2.75) is 46.3 Å². The minimum Gasteiger partial charge on any atom is -0.444 e. The lowest BCUT2D eigenvalue weighted by molar-refractivity contribution is 0.0105. The van der Waals surface area contributed by atoms with E-state index in [1.54, 1.807) is 4.90 Å². The number of nitrogens with one attached hydrogen (secondary N) is 1. The second-order valence-electron chi connectivity index (χ2n) is 6.70. The summed E-state index contributed by atoms with van der Waals surface area (Å²) in [6.45, 7) is 11.0. The van der Waals surface area contributed by atoms with E-state index in [1.165, 1.54) is 0 Å². The van der Waals surface area contributed by atoms with E-state index in [0.717, 1.165) is 22.5 Å². The first-order valence-electron chi connectivity index (χ1n) is 7.27. The Hall–Kier alpha value is -1.91.